The van der Waals surface area contributed by atoms with Gasteiger partial charge in [0.1, 0.15) is 0 Å². The average molecular weight is 375 g/mol. The Kier molecular flexibility index (Phi) is 4.85. The molecule has 144 valence electrons. The number of hydrogen-bond acceptors (Lipinski definition) is 4. The smallest absolute Gasteiger partial charge is 0.254 e. The van der Waals surface area contributed by atoms with Gasteiger partial charge in [-0.05, 0) is 44.0 Å². The molecule has 0 spiro atoms. The minimum absolute atomic E-state index is 0.00264. The van der Waals surface area contributed by atoms with E-state index in [1.54, 1.807) is 12.4 Å². The molecule has 28 heavy (non-hydrogen) atoms. The van der Waals surface area contributed by atoms with Crippen LogP contribution in [0.4, 0.5) is 0 Å². The molecule has 3 heterocycles. The van der Waals surface area contributed by atoms with Gasteiger partial charge in [0.15, 0.2) is 0 Å². The maximum Gasteiger partial charge on any atom is 0.254 e. The van der Waals surface area contributed by atoms with E-state index in [1.165, 1.54) is 0 Å². The maximum atomic E-state index is 13.5. The molecule has 0 radical (unpaired) electrons. The van der Waals surface area contributed by atoms with Crippen LogP contribution in [0.5, 0.6) is 0 Å². The van der Waals surface area contributed by atoms with E-state index in [4.69, 9.17) is 4.98 Å². The van der Waals surface area contributed by atoms with E-state index in [0.717, 1.165) is 28.6 Å². The molecule has 1 aliphatic heterocycles. The SMILES string of the molecule is CC[C@H]1CN(C(=O)c2cc(-c3ccncc3)nc3ccccc23)CC[C@@]1(C)O. The number of fused-ring (bicyclic) bond motifs is 1. The van der Waals surface area contributed by atoms with E-state index < -0.39 is 5.60 Å². The molecule has 4 rings (SSSR count). The van der Waals surface area contributed by atoms with Crippen LogP contribution in [-0.4, -0.2) is 44.6 Å². The summed E-state index contributed by atoms with van der Waals surface area (Å²) < 4.78 is 0. The van der Waals surface area contributed by atoms with Crippen LogP contribution >= 0.6 is 0 Å². The number of hydrogen-bond donors (Lipinski definition) is 1. The molecule has 2 atom stereocenters. The number of benzene rings is 1. The number of carbonyl (C=O) groups is 1. The highest BCUT2D eigenvalue weighted by Gasteiger charge is 2.38. The summed E-state index contributed by atoms with van der Waals surface area (Å²) in [7, 11) is 0. The lowest BCUT2D eigenvalue weighted by atomic mass is 9.80. The Morgan fingerprint density at radius 2 is 2.00 bits per heavy atom. The third-order valence-corrected chi connectivity index (χ3v) is 5.91. The predicted octanol–water partition coefficient (Wildman–Crippen LogP) is 3.92. The van der Waals surface area contributed by atoms with Crippen molar-refractivity contribution in [1.82, 2.24) is 14.9 Å². The molecule has 0 unspecified atom stereocenters. The second kappa shape index (κ2) is 7.32. The zero-order valence-corrected chi connectivity index (χ0v) is 16.3. The van der Waals surface area contributed by atoms with Gasteiger partial charge in [0.05, 0.1) is 22.4 Å². The number of likely N-dealkylation sites (tertiary alicyclic amines) is 1. The van der Waals surface area contributed by atoms with Crippen molar-refractivity contribution in [1.29, 1.82) is 0 Å². The summed E-state index contributed by atoms with van der Waals surface area (Å²) >= 11 is 0. The van der Waals surface area contributed by atoms with E-state index in [1.807, 2.05) is 54.3 Å². The number of nitrogens with zero attached hydrogens (tertiary/aromatic N) is 3. The summed E-state index contributed by atoms with van der Waals surface area (Å²) in [6.45, 7) is 5.08. The molecule has 0 saturated carbocycles. The van der Waals surface area contributed by atoms with Crippen molar-refractivity contribution in [2.24, 2.45) is 5.92 Å². The lowest BCUT2D eigenvalue weighted by Gasteiger charge is -2.42. The van der Waals surface area contributed by atoms with E-state index in [2.05, 4.69) is 11.9 Å². The minimum atomic E-state index is -0.714. The summed E-state index contributed by atoms with van der Waals surface area (Å²) in [4.78, 5) is 24.2. The van der Waals surface area contributed by atoms with E-state index in [-0.39, 0.29) is 11.8 Å². The monoisotopic (exact) mass is 375 g/mol. The van der Waals surface area contributed by atoms with Gasteiger partial charge in [0, 0.05) is 42.4 Å². The molecule has 1 aromatic carbocycles. The molecule has 1 fully saturated rings. The Balaban J connectivity index is 1.76. The number of rotatable bonds is 3. The van der Waals surface area contributed by atoms with E-state index in [0.29, 0.717) is 25.1 Å². The van der Waals surface area contributed by atoms with Crippen LogP contribution in [0.25, 0.3) is 22.2 Å². The number of aliphatic hydroxyl groups is 1. The van der Waals surface area contributed by atoms with Gasteiger partial charge in [-0.1, -0.05) is 25.1 Å². The molecule has 1 aliphatic rings. The first kappa shape index (κ1) is 18.6. The van der Waals surface area contributed by atoms with Crippen LogP contribution < -0.4 is 0 Å². The molecule has 5 heteroatoms. The Morgan fingerprint density at radius 1 is 1.25 bits per heavy atom. The Hall–Kier alpha value is -2.79. The van der Waals surface area contributed by atoms with Gasteiger partial charge in [-0.2, -0.15) is 0 Å². The van der Waals surface area contributed by atoms with Crippen LogP contribution in [0, 0.1) is 5.92 Å². The normalized spacial score (nSPS) is 22.4. The number of para-hydroxylation sites is 1. The fraction of sp³-hybridized carbons (Fsp3) is 0.348. The lowest BCUT2D eigenvalue weighted by molar-refractivity contribution is -0.0520. The molecule has 1 N–H and O–H groups in total. The highest BCUT2D eigenvalue weighted by Crippen LogP contribution is 2.32. The second-order valence-electron chi connectivity index (χ2n) is 7.77. The molecule has 0 aliphatic carbocycles. The van der Waals surface area contributed by atoms with Crippen LogP contribution in [0.3, 0.4) is 0 Å². The van der Waals surface area contributed by atoms with Gasteiger partial charge in [-0.3, -0.25) is 9.78 Å². The molecule has 1 saturated heterocycles. The van der Waals surface area contributed by atoms with Crippen LogP contribution in [0.1, 0.15) is 37.0 Å². The minimum Gasteiger partial charge on any atom is -0.390 e. The molecule has 5 nitrogen and oxygen atoms in total. The third-order valence-electron chi connectivity index (χ3n) is 5.91. The third kappa shape index (κ3) is 3.38. The highest BCUT2D eigenvalue weighted by molar-refractivity contribution is 6.07. The molecule has 1 amide bonds. The first-order chi connectivity index (χ1) is 13.5. The molecule has 0 bridgehead atoms. The number of aromatic nitrogens is 2. The van der Waals surface area contributed by atoms with Gasteiger partial charge >= 0.3 is 0 Å². The summed E-state index contributed by atoms with van der Waals surface area (Å²) in [5, 5.41) is 11.5. The largest absolute Gasteiger partial charge is 0.390 e. The first-order valence-electron chi connectivity index (χ1n) is 9.81. The fourth-order valence-corrected chi connectivity index (χ4v) is 4.07. The lowest BCUT2D eigenvalue weighted by Crippen LogP contribution is -2.51. The van der Waals surface area contributed by atoms with E-state index >= 15 is 0 Å². The fourth-order valence-electron chi connectivity index (χ4n) is 4.07. The molecular weight excluding hydrogens is 350 g/mol. The van der Waals surface area contributed by atoms with Crippen LogP contribution in [-0.2, 0) is 0 Å². The Morgan fingerprint density at radius 3 is 2.75 bits per heavy atom. The predicted molar refractivity (Wildman–Crippen MR) is 110 cm³/mol. The summed E-state index contributed by atoms with van der Waals surface area (Å²) in [6.07, 6.45) is 4.89. The van der Waals surface area contributed by atoms with Crippen molar-refractivity contribution in [3.8, 4) is 11.3 Å². The quantitative estimate of drug-likeness (QED) is 0.753. The van der Waals surface area contributed by atoms with Gasteiger partial charge in [0.2, 0.25) is 0 Å². The Bertz CT molecular complexity index is 1000. The van der Waals surface area contributed by atoms with Crippen molar-refractivity contribution in [2.75, 3.05) is 13.1 Å². The number of amides is 1. The number of piperidine rings is 1. The van der Waals surface area contributed by atoms with Gasteiger partial charge in [0.25, 0.3) is 5.91 Å². The zero-order valence-electron chi connectivity index (χ0n) is 16.3. The van der Waals surface area contributed by atoms with Crippen molar-refractivity contribution in [2.45, 2.75) is 32.3 Å². The van der Waals surface area contributed by atoms with Crippen molar-refractivity contribution < 1.29 is 9.90 Å². The Labute approximate surface area is 165 Å². The number of pyridine rings is 2. The summed E-state index contributed by atoms with van der Waals surface area (Å²) in [5.74, 6) is 0.0841. The van der Waals surface area contributed by atoms with Crippen LogP contribution in [0.2, 0.25) is 0 Å². The standard InChI is InChI=1S/C23H25N3O2/c1-3-17-15-26(13-10-23(17,2)28)22(27)19-14-21(16-8-11-24-12-9-16)25-20-7-5-4-6-18(19)20/h4-9,11-12,14,17,28H,3,10,13,15H2,1-2H3/t17-,23+/m0/s1. The highest BCUT2D eigenvalue weighted by atomic mass is 16.3. The zero-order chi connectivity index (χ0) is 19.7. The van der Waals surface area contributed by atoms with E-state index in [9.17, 15) is 9.90 Å². The first-order valence-corrected chi connectivity index (χ1v) is 9.81. The van der Waals surface area contributed by atoms with Crippen LogP contribution in [0.15, 0.2) is 54.9 Å². The second-order valence-corrected chi connectivity index (χ2v) is 7.77. The number of carbonyl (C=O) groups excluding carboxylic acids is 1. The molecule has 3 aromatic rings. The average Bonchev–Trinajstić information content (AvgIpc) is 2.73. The summed E-state index contributed by atoms with van der Waals surface area (Å²) in [5.41, 5.74) is 2.45. The van der Waals surface area contributed by atoms with Gasteiger partial charge in [-0.25, -0.2) is 4.98 Å². The molecule has 2 aromatic heterocycles. The summed E-state index contributed by atoms with van der Waals surface area (Å²) in [6, 6.07) is 13.4. The van der Waals surface area contributed by atoms with Gasteiger partial charge < -0.3 is 10.0 Å². The van der Waals surface area contributed by atoms with Crippen molar-refractivity contribution >= 4 is 16.8 Å². The van der Waals surface area contributed by atoms with Crippen molar-refractivity contribution in [3.63, 3.8) is 0 Å². The van der Waals surface area contributed by atoms with Crippen molar-refractivity contribution in [3.05, 3.63) is 60.4 Å². The molecular formula is C23H25N3O2. The topological polar surface area (TPSA) is 66.3 Å². The van der Waals surface area contributed by atoms with Gasteiger partial charge in [-0.15, -0.1) is 0 Å². The maximum absolute atomic E-state index is 13.5.